The van der Waals surface area contributed by atoms with Gasteiger partial charge in [0.05, 0.1) is 5.69 Å². The average Bonchev–Trinajstić information content (AvgIpc) is 2.94. The monoisotopic (exact) mass is 342 g/mol. The van der Waals surface area contributed by atoms with Gasteiger partial charge >= 0.3 is 0 Å². The van der Waals surface area contributed by atoms with Crippen LogP contribution < -0.4 is 10.2 Å². The normalized spacial score (nSPS) is 15.6. The second-order valence-electron chi connectivity index (χ2n) is 6.30. The quantitative estimate of drug-likeness (QED) is 0.663. The van der Waals surface area contributed by atoms with Crippen molar-refractivity contribution in [1.82, 2.24) is 10.2 Å². The number of guanidine groups is 1. The molecule has 0 radical (unpaired) electrons. The molecule has 2 aromatic rings. The van der Waals surface area contributed by atoms with E-state index in [1.807, 2.05) is 39.1 Å². The average molecular weight is 342 g/mol. The first-order valence-corrected chi connectivity index (χ1v) is 8.63. The molecule has 1 fully saturated rings. The van der Waals surface area contributed by atoms with Gasteiger partial charge in [-0.1, -0.05) is 12.1 Å². The number of anilines is 1. The first kappa shape index (κ1) is 17.2. The van der Waals surface area contributed by atoms with Crippen molar-refractivity contribution in [2.45, 2.75) is 20.4 Å². The van der Waals surface area contributed by atoms with E-state index in [-0.39, 0.29) is 0 Å². The molecule has 2 N–H and O–H groups in total. The van der Waals surface area contributed by atoms with Gasteiger partial charge in [0.15, 0.2) is 5.96 Å². The maximum absolute atomic E-state index is 10.0. The van der Waals surface area contributed by atoms with Crippen LogP contribution in [0.25, 0.3) is 0 Å². The molecule has 1 saturated heterocycles. The van der Waals surface area contributed by atoms with Crippen LogP contribution in [0, 0.1) is 13.8 Å². The van der Waals surface area contributed by atoms with E-state index in [9.17, 15) is 5.11 Å². The molecule has 0 unspecified atom stereocenters. The van der Waals surface area contributed by atoms with E-state index in [2.05, 4.69) is 26.2 Å². The number of furan rings is 1. The summed E-state index contributed by atoms with van der Waals surface area (Å²) in [6.07, 6.45) is 0. The first-order valence-electron chi connectivity index (χ1n) is 8.63. The van der Waals surface area contributed by atoms with Gasteiger partial charge in [-0.05, 0) is 32.0 Å². The highest BCUT2D eigenvalue weighted by Gasteiger charge is 2.21. The van der Waals surface area contributed by atoms with Crippen LogP contribution in [-0.4, -0.2) is 49.2 Å². The number of rotatable bonds is 3. The molecule has 0 spiro atoms. The molecule has 3 rings (SSSR count). The second-order valence-corrected chi connectivity index (χ2v) is 6.30. The Morgan fingerprint density at radius 1 is 1.20 bits per heavy atom. The Bertz CT molecular complexity index is 746. The number of aliphatic imine (C=N–C) groups is 1. The SMILES string of the molecule is CN=C(NCc1cc(C)oc1C)N1CCN(c2ccccc2O)CC1. The number of nitrogens with zero attached hydrogens (tertiary/aromatic N) is 3. The van der Waals surface area contributed by atoms with Gasteiger partial charge < -0.3 is 24.6 Å². The number of phenolic OH excluding ortho intramolecular Hbond substituents is 1. The Morgan fingerprint density at radius 3 is 2.52 bits per heavy atom. The van der Waals surface area contributed by atoms with Gasteiger partial charge in [0.1, 0.15) is 17.3 Å². The number of aromatic hydroxyl groups is 1. The van der Waals surface area contributed by atoms with Crippen molar-refractivity contribution in [2.75, 3.05) is 38.1 Å². The lowest BCUT2D eigenvalue weighted by Gasteiger charge is -2.37. The number of piperazine rings is 1. The number of para-hydroxylation sites is 2. The molecular formula is C19H26N4O2. The molecule has 0 amide bonds. The molecule has 0 atom stereocenters. The Hall–Kier alpha value is -2.63. The third kappa shape index (κ3) is 3.90. The lowest BCUT2D eigenvalue weighted by atomic mass is 10.2. The molecule has 1 aliphatic rings. The molecular weight excluding hydrogens is 316 g/mol. The number of aryl methyl sites for hydroxylation is 2. The van der Waals surface area contributed by atoms with Crippen molar-refractivity contribution in [3.63, 3.8) is 0 Å². The highest BCUT2D eigenvalue weighted by Crippen LogP contribution is 2.27. The van der Waals surface area contributed by atoms with Crippen LogP contribution in [0.2, 0.25) is 0 Å². The summed E-state index contributed by atoms with van der Waals surface area (Å²) >= 11 is 0. The lowest BCUT2D eigenvalue weighted by molar-refractivity contribution is 0.369. The van der Waals surface area contributed by atoms with E-state index in [0.29, 0.717) is 12.3 Å². The van der Waals surface area contributed by atoms with E-state index in [4.69, 9.17) is 4.42 Å². The van der Waals surface area contributed by atoms with E-state index in [1.54, 1.807) is 6.07 Å². The number of benzene rings is 1. The van der Waals surface area contributed by atoms with Crippen LogP contribution in [-0.2, 0) is 6.54 Å². The minimum Gasteiger partial charge on any atom is -0.506 e. The number of hydrogen-bond acceptors (Lipinski definition) is 4. The molecule has 0 aliphatic carbocycles. The minimum atomic E-state index is 0.337. The smallest absolute Gasteiger partial charge is 0.194 e. The molecule has 0 bridgehead atoms. The molecule has 134 valence electrons. The number of hydrogen-bond donors (Lipinski definition) is 2. The largest absolute Gasteiger partial charge is 0.506 e. The van der Waals surface area contributed by atoms with E-state index >= 15 is 0 Å². The Balaban J connectivity index is 1.57. The van der Waals surface area contributed by atoms with Gasteiger partial charge in [-0.2, -0.15) is 0 Å². The summed E-state index contributed by atoms with van der Waals surface area (Å²) in [5.41, 5.74) is 2.06. The topological polar surface area (TPSA) is 64.2 Å². The molecule has 1 aliphatic heterocycles. The number of phenols is 1. The van der Waals surface area contributed by atoms with Crippen molar-refractivity contribution < 1.29 is 9.52 Å². The van der Waals surface area contributed by atoms with Gasteiger partial charge in [-0.25, -0.2) is 0 Å². The van der Waals surface area contributed by atoms with E-state index in [0.717, 1.165) is 54.9 Å². The number of nitrogens with one attached hydrogen (secondary N) is 1. The van der Waals surface area contributed by atoms with Crippen LogP contribution in [0.3, 0.4) is 0 Å². The van der Waals surface area contributed by atoms with Crippen molar-refractivity contribution in [1.29, 1.82) is 0 Å². The van der Waals surface area contributed by atoms with Crippen molar-refractivity contribution in [3.05, 3.63) is 47.4 Å². The predicted octanol–water partition coefficient (Wildman–Crippen LogP) is 2.50. The van der Waals surface area contributed by atoms with E-state index < -0.39 is 0 Å². The summed E-state index contributed by atoms with van der Waals surface area (Å²) in [5, 5.41) is 13.4. The zero-order valence-corrected chi connectivity index (χ0v) is 15.1. The van der Waals surface area contributed by atoms with Gasteiger partial charge in [-0.3, -0.25) is 4.99 Å². The molecule has 6 heteroatoms. The van der Waals surface area contributed by atoms with E-state index in [1.165, 1.54) is 0 Å². The second kappa shape index (κ2) is 7.51. The first-order chi connectivity index (χ1) is 12.1. The molecule has 1 aromatic carbocycles. The van der Waals surface area contributed by atoms with Crippen LogP contribution in [0.4, 0.5) is 5.69 Å². The zero-order chi connectivity index (χ0) is 17.8. The molecule has 2 heterocycles. The fourth-order valence-electron chi connectivity index (χ4n) is 3.26. The Morgan fingerprint density at radius 2 is 1.92 bits per heavy atom. The van der Waals surface area contributed by atoms with Gasteiger partial charge in [0.25, 0.3) is 0 Å². The third-order valence-corrected chi connectivity index (χ3v) is 4.59. The Labute approximate surface area is 148 Å². The molecule has 6 nitrogen and oxygen atoms in total. The van der Waals surface area contributed by atoms with Crippen molar-refractivity contribution in [2.24, 2.45) is 4.99 Å². The van der Waals surface area contributed by atoms with Gasteiger partial charge in [0.2, 0.25) is 0 Å². The highest BCUT2D eigenvalue weighted by molar-refractivity contribution is 5.80. The van der Waals surface area contributed by atoms with Crippen LogP contribution >= 0.6 is 0 Å². The summed E-state index contributed by atoms with van der Waals surface area (Å²) in [5.74, 6) is 3.12. The minimum absolute atomic E-state index is 0.337. The third-order valence-electron chi connectivity index (χ3n) is 4.59. The fourth-order valence-corrected chi connectivity index (χ4v) is 3.26. The Kier molecular flexibility index (Phi) is 5.16. The van der Waals surface area contributed by atoms with Gasteiger partial charge in [0, 0.05) is 45.3 Å². The van der Waals surface area contributed by atoms with Crippen molar-refractivity contribution >= 4 is 11.6 Å². The summed E-state index contributed by atoms with van der Waals surface area (Å²) in [6, 6.07) is 9.56. The fraction of sp³-hybridized carbons (Fsp3) is 0.421. The molecule has 1 aromatic heterocycles. The maximum Gasteiger partial charge on any atom is 0.194 e. The molecule has 25 heavy (non-hydrogen) atoms. The molecule has 0 saturated carbocycles. The zero-order valence-electron chi connectivity index (χ0n) is 15.1. The van der Waals surface area contributed by atoms with Crippen molar-refractivity contribution in [3.8, 4) is 5.75 Å². The summed E-state index contributed by atoms with van der Waals surface area (Å²) in [7, 11) is 1.81. The van der Waals surface area contributed by atoms with Gasteiger partial charge in [-0.15, -0.1) is 0 Å². The van der Waals surface area contributed by atoms with Crippen LogP contribution in [0.15, 0.2) is 39.7 Å². The summed E-state index contributed by atoms with van der Waals surface area (Å²) < 4.78 is 5.58. The summed E-state index contributed by atoms with van der Waals surface area (Å²) in [6.45, 7) is 8.07. The van der Waals surface area contributed by atoms with Crippen LogP contribution in [0.1, 0.15) is 17.1 Å². The lowest BCUT2D eigenvalue weighted by Crippen LogP contribution is -2.52. The predicted molar refractivity (Wildman–Crippen MR) is 100 cm³/mol. The highest BCUT2D eigenvalue weighted by atomic mass is 16.3. The van der Waals surface area contributed by atoms with Crippen LogP contribution in [0.5, 0.6) is 5.75 Å². The standard InChI is InChI=1S/C19H26N4O2/c1-14-12-16(15(2)25-14)13-21-19(20-3)23-10-8-22(9-11-23)17-6-4-5-7-18(17)24/h4-7,12,24H,8-11,13H2,1-3H3,(H,20,21). The summed E-state index contributed by atoms with van der Waals surface area (Å²) in [4.78, 5) is 8.87. The maximum atomic E-state index is 10.0.